The van der Waals surface area contributed by atoms with Gasteiger partial charge in [0.25, 0.3) is 0 Å². The molecule has 12 bridgehead atoms. The fourth-order valence-electron chi connectivity index (χ4n) is 12.7. The molecule has 4 aromatic rings. The summed E-state index contributed by atoms with van der Waals surface area (Å²) in [6.07, 6.45) is 15.9. The number of aryl methyl sites for hydroxylation is 4. The highest BCUT2D eigenvalue weighted by molar-refractivity contribution is 5.77. The molecule has 4 unspecified atom stereocenters. The van der Waals surface area contributed by atoms with E-state index in [4.69, 9.17) is 18.9 Å². The van der Waals surface area contributed by atoms with Crippen LogP contribution in [-0.4, -0.2) is 50.3 Å². The maximum Gasteiger partial charge on any atom is 0.310 e. The van der Waals surface area contributed by atoms with Crippen molar-refractivity contribution in [2.24, 2.45) is 0 Å². The molecule has 0 aliphatic heterocycles. The molecule has 0 heterocycles. The normalized spacial score (nSPS) is 20.4. The molecule has 5 aliphatic rings. The zero-order chi connectivity index (χ0) is 47.3. The second kappa shape index (κ2) is 21.6. The number of carbonyl (C=O) groups is 4. The van der Waals surface area contributed by atoms with Gasteiger partial charge in [-0.1, -0.05) is 61.4 Å². The molecule has 2 fully saturated rings. The summed E-state index contributed by atoms with van der Waals surface area (Å²) in [7, 11) is 0. The van der Waals surface area contributed by atoms with E-state index in [9.17, 15) is 19.2 Å². The minimum Gasteiger partial charge on any atom is -0.466 e. The van der Waals surface area contributed by atoms with Gasteiger partial charge in [0.1, 0.15) is 0 Å². The van der Waals surface area contributed by atoms with Gasteiger partial charge in [-0.05, 0) is 230 Å². The van der Waals surface area contributed by atoms with Crippen LogP contribution in [0.5, 0.6) is 0 Å². The van der Waals surface area contributed by atoms with Crippen LogP contribution in [0.25, 0.3) is 0 Å². The Balaban J connectivity index is 1.37. The lowest BCUT2D eigenvalue weighted by atomic mass is 9.62. The van der Waals surface area contributed by atoms with E-state index in [1.54, 1.807) is 0 Å². The zero-order valence-electron chi connectivity index (χ0n) is 41.2. The fraction of sp³-hybridized carbons (Fsp3) is 0.533. The Kier molecular flexibility index (Phi) is 15.2. The molecule has 0 spiro atoms. The first kappa shape index (κ1) is 47.8. The summed E-state index contributed by atoms with van der Waals surface area (Å²) in [5.41, 5.74) is 18.8. The van der Waals surface area contributed by atoms with Crippen molar-refractivity contribution in [2.45, 2.75) is 180 Å². The molecule has 4 aromatic carbocycles. The van der Waals surface area contributed by atoms with E-state index >= 15 is 0 Å². The predicted octanol–water partition coefficient (Wildman–Crippen LogP) is 11.5. The van der Waals surface area contributed by atoms with E-state index in [1.165, 1.54) is 44.5 Å². The number of benzene rings is 4. The van der Waals surface area contributed by atoms with Gasteiger partial charge < -0.3 is 18.9 Å². The lowest BCUT2D eigenvalue weighted by Gasteiger charge is -2.42. The van der Waals surface area contributed by atoms with Gasteiger partial charge in [0, 0.05) is 0 Å². The number of esters is 4. The largest absolute Gasteiger partial charge is 0.466 e. The van der Waals surface area contributed by atoms with Crippen molar-refractivity contribution in [2.75, 3.05) is 26.4 Å². The van der Waals surface area contributed by atoms with Gasteiger partial charge >= 0.3 is 23.9 Å². The molecule has 2 saturated carbocycles. The summed E-state index contributed by atoms with van der Waals surface area (Å²) in [4.78, 5) is 55.5. The number of ether oxygens (including phenoxy) is 4. The molecule has 8 heteroatoms. The highest BCUT2D eigenvalue weighted by Gasteiger charge is 2.41. The summed E-state index contributed by atoms with van der Waals surface area (Å²) in [6, 6.07) is 19.1. The molecule has 0 N–H and O–H groups in total. The number of fused-ring (bicyclic) bond motifs is 8. The van der Waals surface area contributed by atoms with Crippen LogP contribution in [0.3, 0.4) is 0 Å². The first-order chi connectivity index (χ1) is 33.1. The maximum absolute atomic E-state index is 13.9. The second-order valence-corrected chi connectivity index (χ2v) is 20.3. The molecule has 0 saturated heterocycles. The molecule has 68 heavy (non-hydrogen) atoms. The Morgan fingerprint density at radius 3 is 0.809 bits per heavy atom. The maximum atomic E-state index is 13.9. The number of hydrogen-bond donors (Lipinski definition) is 0. The van der Waals surface area contributed by atoms with Gasteiger partial charge in [0.2, 0.25) is 0 Å². The van der Waals surface area contributed by atoms with E-state index in [0.29, 0.717) is 39.3 Å². The molecule has 0 amide bonds. The fourth-order valence-corrected chi connectivity index (χ4v) is 12.7. The third-order valence-corrected chi connectivity index (χ3v) is 16.0. The number of hydrogen-bond acceptors (Lipinski definition) is 8. The van der Waals surface area contributed by atoms with E-state index in [1.807, 2.05) is 27.7 Å². The van der Waals surface area contributed by atoms with Crippen LogP contribution < -0.4 is 0 Å². The Morgan fingerprint density at radius 2 is 0.603 bits per heavy atom. The van der Waals surface area contributed by atoms with Gasteiger partial charge in [0.05, 0.1) is 52.1 Å². The summed E-state index contributed by atoms with van der Waals surface area (Å²) >= 11 is 0. The molecule has 360 valence electrons. The molecule has 4 atom stereocenters. The standard InChI is InChI=1S/C60H72O8/c1-5-65-57(61)33-49-41-23-37-15-11-9-12-17-39-25-43(51(35-59(63)67-7-3)54(28-39)46-20-19-45(46)53(49)27-37)32-44-26-40-18-14-10-13-16-38-24-42(31-41)50(34-58(62)66-6-2)55(29-38)47-21-22-48(47)56(30-40)52(44)36-60(64)68-8-4/h23-30,45-48H,5-22,31-36H2,1-4H3. The minimum atomic E-state index is -0.228. The SMILES string of the molecule is CCOC(=O)Cc1c2cc3cc1C1CCC1c1cc(cc(c1CC(=O)OCC)Cc1cc4cc(c1CC(=O)OCC)C1CCC1c1cc(cc(c1CC(=O)OCC)C2)CCCCC4)CCCCC3. The van der Waals surface area contributed by atoms with Crippen molar-refractivity contribution in [3.05, 3.63) is 138 Å². The van der Waals surface area contributed by atoms with Crippen LogP contribution >= 0.6 is 0 Å². The molecule has 5 aliphatic carbocycles. The van der Waals surface area contributed by atoms with Crippen LogP contribution in [0.15, 0.2) is 48.5 Å². The molecule has 0 radical (unpaired) electrons. The molecule has 9 rings (SSSR count). The lowest BCUT2D eigenvalue weighted by Crippen LogP contribution is -2.28. The van der Waals surface area contributed by atoms with Gasteiger partial charge in [-0.25, -0.2) is 0 Å². The molecule has 8 nitrogen and oxygen atoms in total. The smallest absolute Gasteiger partial charge is 0.310 e. The average Bonchev–Trinajstić information content (AvgIpc) is 3.27. The van der Waals surface area contributed by atoms with Gasteiger partial charge in [-0.3, -0.25) is 19.2 Å². The topological polar surface area (TPSA) is 105 Å². The highest BCUT2D eigenvalue weighted by atomic mass is 16.5. The molecular weight excluding hydrogens is 849 g/mol. The van der Waals surface area contributed by atoms with Crippen LogP contribution in [0, 0.1) is 0 Å². The predicted molar refractivity (Wildman–Crippen MR) is 265 cm³/mol. The third kappa shape index (κ3) is 10.4. The highest BCUT2D eigenvalue weighted by Crippen LogP contribution is 2.55. The van der Waals surface area contributed by atoms with Crippen molar-refractivity contribution < 1.29 is 38.1 Å². The minimum absolute atomic E-state index is 0.127. The van der Waals surface area contributed by atoms with E-state index in [0.717, 1.165) is 134 Å². The van der Waals surface area contributed by atoms with Crippen molar-refractivity contribution in [1.82, 2.24) is 0 Å². The second-order valence-electron chi connectivity index (χ2n) is 20.3. The Bertz CT molecular complexity index is 2200. The quantitative estimate of drug-likeness (QED) is 0.102. The summed E-state index contributed by atoms with van der Waals surface area (Å²) in [5.74, 6) is -0.404. The first-order valence-electron chi connectivity index (χ1n) is 26.3. The Labute approximate surface area is 404 Å². The Hall–Kier alpha value is -5.24. The summed E-state index contributed by atoms with van der Waals surface area (Å²) in [5, 5.41) is 0. The zero-order valence-corrected chi connectivity index (χ0v) is 41.2. The summed E-state index contributed by atoms with van der Waals surface area (Å²) < 4.78 is 23.0. The van der Waals surface area contributed by atoms with Crippen molar-refractivity contribution in [3.63, 3.8) is 0 Å². The number of rotatable bonds is 12. The van der Waals surface area contributed by atoms with Crippen LogP contribution in [0.2, 0.25) is 0 Å². The van der Waals surface area contributed by atoms with Gasteiger partial charge in [0.15, 0.2) is 0 Å². The monoisotopic (exact) mass is 921 g/mol. The lowest BCUT2D eigenvalue weighted by molar-refractivity contribution is -0.143. The Morgan fingerprint density at radius 1 is 0.368 bits per heavy atom. The van der Waals surface area contributed by atoms with Crippen LogP contribution in [0.1, 0.15) is 205 Å². The van der Waals surface area contributed by atoms with Gasteiger partial charge in [-0.2, -0.15) is 0 Å². The van der Waals surface area contributed by atoms with Gasteiger partial charge in [-0.15, -0.1) is 0 Å². The molecule has 0 aromatic heterocycles. The van der Waals surface area contributed by atoms with Crippen molar-refractivity contribution in [3.8, 4) is 0 Å². The molecular formula is C60H72O8. The van der Waals surface area contributed by atoms with Crippen molar-refractivity contribution in [1.29, 1.82) is 0 Å². The number of carbonyl (C=O) groups excluding carboxylic acids is 4. The first-order valence-corrected chi connectivity index (χ1v) is 26.3. The van der Waals surface area contributed by atoms with Crippen LogP contribution in [0.4, 0.5) is 0 Å². The summed E-state index contributed by atoms with van der Waals surface area (Å²) in [6.45, 7) is 8.72. The van der Waals surface area contributed by atoms with E-state index in [-0.39, 0.29) is 73.2 Å². The van der Waals surface area contributed by atoms with E-state index in [2.05, 4.69) is 48.5 Å². The van der Waals surface area contributed by atoms with Crippen LogP contribution in [-0.2, 0) is 102 Å². The average molecular weight is 921 g/mol. The van der Waals surface area contributed by atoms with E-state index < -0.39 is 0 Å². The third-order valence-electron chi connectivity index (χ3n) is 16.0. The van der Waals surface area contributed by atoms with Crippen molar-refractivity contribution >= 4 is 23.9 Å².